The third-order valence-corrected chi connectivity index (χ3v) is 4.09. The van der Waals surface area contributed by atoms with E-state index in [9.17, 15) is 12.8 Å². The number of halogens is 1. The first-order valence-corrected chi connectivity index (χ1v) is 6.50. The highest BCUT2D eigenvalue weighted by atomic mass is 32.2. The Hall–Kier alpha value is -1.20. The topological polar surface area (TPSA) is 46.2 Å². The Morgan fingerprint density at radius 3 is 2.81 bits per heavy atom. The fourth-order valence-corrected chi connectivity index (χ4v) is 3.32. The van der Waals surface area contributed by atoms with Crippen molar-refractivity contribution < 1.29 is 12.8 Å². The van der Waals surface area contributed by atoms with Crippen LogP contribution in [0.25, 0.3) is 5.57 Å². The second kappa shape index (κ2) is 3.99. The van der Waals surface area contributed by atoms with Crippen LogP contribution in [0.2, 0.25) is 0 Å². The van der Waals surface area contributed by atoms with Gasteiger partial charge in [-0.3, -0.25) is 0 Å². The zero-order chi connectivity index (χ0) is 11.8. The largest absolute Gasteiger partial charge is 0.319 e. The number of fused-ring (bicyclic) bond motifs is 1. The number of benzene rings is 1. The molecule has 86 valence electrons. The number of nitrogens with one attached hydrogen (secondary N) is 1. The second-order valence-electron chi connectivity index (χ2n) is 3.65. The molecule has 0 bridgehead atoms. The molecule has 0 saturated carbocycles. The van der Waals surface area contributed by atoms with Crippen molar-refractivity contribution in [3.8, 4) is 0 Å². The number of hydrogen-bond acceptors (Lipinski definition) is 3. The first-order valence-electron chi connectivity index (χ1n) is 4.95. The summed E-state index contributed by atoms with van der Waals surface area (Å²) in [6.07, 6.45) is 0.504. The quantitative estimate of drug-likeness (QED) is 0.873. The summed E-state index contributed by atoms with van der Waals surface area (Å²) in [6.45, 7) is 0.620. The Morgan fingerprint density at radius 2 is 2.12 bits per heavy atom. The molecule has 1 aliphatic rings. The average Bonchev–Trinajstić information content (AvgIpc) is 2.49. The summed E-state index contributed by atoms with van der Waals surface area (Å²) in [5, 5.41) is 4.08. The van der Waals surface area contributed by atoms with E-state index in [1.807, 2.05) is 0 Å². The lowest BCUT2D eigenvalue weighted by molar-refractivity contribution is 0.599. The van der Waals surface area contributed by atoms with Crippen molar-refractivity contribution in [3.05, 3.63) is 35.0 Å². The summed E-state index contributed by atoms with van der Waals surface area (Å²) in [5.74, 6) is -0.471. The minimum Gasteiger partial charge on any atom is -0.319 e. The Balaban J connectivity index is 2.53. The Bertz CT molecular complexity index is 549. The maximum Gasteiger partial charge on any atom is 0.200 e. The van der Waals surface area contributed by atoms with E-state index >= 15 is 0 Å². The zero-order valence-corrected chi connectivity index (χ0v) is 9.64. The van der Waals surface area contributed by atoms with Crippen molar-refractivity contribution in [2.75, 3.05) is 13.6 Å². The van der Waals surface area contributed by atoms with Gasteiger partial charge in [-0.25, -0.2) is 12.8 Å². The first-order chi connectivity index (χ1) is 7.56. The summed E-state index contributed by atoms with van der Waals surface area (Å²) >= 11 is 0. The molecule has 1 heterocycles. The van der Waals surface area contributed by atoms with E-state index in [0.717, 1.165) is 5.41 Å². The second-order valence-corrected chi connectivity index (χ2v) is 5.42. The lowest BCUT2D eigenvalue weighted by Crippen LogP contribution is -2.08. The zero-order valence-electron chi connectivity index (χ0n) is 8.83. The summed E-state index contributed by atoms with van der Waals surface area (Å²) in [6, 6.07) is 4.14. The number of hydrogen-bond donors (Lipinski definition) is 1. The van der Waals surface area contributed by atoms with Crippen molar-refractivity contribution in [1.29, 1.82) is 0 Å². The highest BCUT2D eigenvalue weighted by molar-refractivity contribution is 7.95. The van der Waals surface area contributed by atoms with Crippen LogP contribution in [0.3, 0.4) is 0 Å². The molecular weight excluding hydrogens is 229 g/mol. The van der Waals surface area contributed by atoms with Gasteiger partial charge in [0.25, 0.3) is 0 Å². The van der Waals surface area contributed by atoms with Gasteiger partial charge in [-0.1, -0.05) is 6.07 Å². The van der Waals surface area contributed by atoms with Gasteiger partial charge in [-0.15, -0.1) is 0 Å². The van der Waals surface area contributed by atoms with E-state index in [0.29, 0.717) is 18.5 Å². The third kappa shape index (κ3) is 1.76. The minimum absolute atomic E-state index is 0.0820. The van der Waals surface area contributed by atoms with Gasteiger partial charge in [-0.05, 0) is 37.7 Å². The molecule has 5 heteroatoms. The molecule has 0 aliphatic carbocycles. The van der Waals surface area contributed by atoms with Crippen molar-refractivity contribution in [1.82, 2.24) is 5.32 Å². The van der Waals surface area contributed by atoms with Crippen molar-refractivity contribution >= 4 is 15.4 Å². The summed E-state index contributed by atoms with van der Waals surface area (Å²) in [4.78, 5) is 0.0820. The SMILES string of the molecule is CNCCC1=CS(=O)(=O)c2cccc(F)c21. The van der Waals surface area contributed by atoms with Gasteiger partial charge in [0.1, 0.15) is 5.82 Å². The summed E-state index contributed by atoms with van der Waals surface area (Å²) in [7, 11) is -1.67. The van der Waals surface area contributed by atoms with Gasteiger partial charge in [-0.2, -0.15) is 0 Å². The highest BCUT2D eigenvalue weighted by Gasteiger charge is 2.28. The van der Waals surface area contributed by atoms with E-state index in [4.69, 9.17) is 0 Å². The Kier molecular flexibility index (Phi) is 2.82. The molecule has 0 aromatic heterocycles. The van der Waals surface area contributed by atoms with E-state index in [1.165, 1.54) is 18.2 Å². The van der Waals surface area contributed by atoms with Crippen LogP contribution in [-0.2, 0) is 9.84 Å². The van der Waals surface area contributed by atoms with Crippen LogP contribution in [0.1, 0.15) is 12.0 Å². The molecule has 16 heavy (non-hydrogen) atoms. The highest BCUT2D eigenvalue weighted by Crippen LogP contribution is 2.36. The van der Waals surface area contributed by atoms with Gasteiger partial charge >= 0.3 is 0 Å². The molecule has 0 atom stereocenters. The van der Waals surface area contributed by atoms with E-state index < -0.39 is 15.7 Å². The van der Waals surface area contributed by atoms with Crippen LogP contribution in [0.15, 0.2) is 28.5 Å². The third-order valence-electron chi connectivity index (χ3n) is 2.54. The molecule has 2 rings (SSSR count). The molecule has 0 radical (unpaired) electrons. The maximum atomic E-state index is 13.6. The monoisotopic (exact) mass is 241 g/mol. The molecule has 0 saturated heterocycles. The summed E-state index contributed by atoms with van der Waals surface area (Å²) < 4.78 is 37.0. The van der Waals surface area contributed by atoms with Gasteiger partial charge < -0.3 is 5.32 Å². The minimum atomic E-state index is -3.44. The Labute approximate surface area is 93.9 Å². The lowest BCUT2D eigenvalue weighted by atomic mass is 10.0. The van der Waals surface area contributed by atoms with Crippen molar-refractivity contribution in [2.45, 2.75) is 11.3 Å². The average molecular weight is 241 g/mol. The molecule has 1 aliphatic heterocycles. The molecular formula is C11H12FNO2S. The van der Waals surface area contributed by atoms with Crippen LogP contribution in [0.5, 0.6) is 0 Å². The van der Waals surface area contributed by atoms with Crippen LogP contribution >= 0.6 is 0 Å². The first kappa shape index (κ1) is 11.3. The van der Waals surface area contributed by atoms with Gasteiger partial charge in [0.05, 0.1) is 4.90 Å². The van der Waals surface area contributed by atoms with Crippen molar-refractivity contribution in [3.63, 3.8) is 0 Å². The predicted molar refractivity (Wildman–Crippen MR) is 60.1 cm³/mol. The molecule has 1 N–H and O–H groups in total. The fraction of sp³-hybridized carbons (Fsp3) is 0.273. The van der Waals surface area contributed by atoms with Crippen LogP contribution in [0, 0.1) is 5.82 Å². The number of sulfone groups is 1. The lowest BCUT2D eigenvalue weighted by Gasteiger charge is -2.04. The van der Waals surface area contributed by atoms with E-state index in [2.05, 4.69) is 5.32 Å². The normalized spacial score (nSPS) is 17.0. The summed E-state index contributed by atoms with van der Waals surface area (Å²) in [5.41, 5.74) is 0.778. The standard InChI is InChI=1S/C11H12FNO2S/c1-13-6-5-8-7-16(14,15)10-4-2-3-9(12)11(8)10/h2-4,7,13H,5-6H2,1H3. The molecule has 0 fully saturated rings. The molecule has 1 aromatic carbocycles. The molecule has 1 aromatic rings. The predicted octanol–water partition coefficient (Wildman–Crippen LogP) is 1.56. The van der Waals surface area contributed by atoms with E-state index in [1.54, 1.807) is 7.05 Å². The fourth-order valence-electron chi connectivity index (χ4n) is 1.81. The molecule has 0 unspecified atom stereocenters. The molecule has 0 spiro atoms. The van der Waals surface area contributed by atoms with Crippen LogP contribution in [0.4, 0.5) is 4.39 Å². The van der Waals surface area contributed by atoms with Gasteiger partial charge in [0.2, 0.25) is 9.84 Å². The van der Waals surface area contributed by atoms with Crippen LogP contribution < -0.4 is 5.32 Å². The molecule has 3 nitrogen and oxygen atoms in total. The smallest absolute Gasteiger partial charge is 0.200 e. The Morgan fingerprint density at radius 1 is 1.38 bits per heavy atom. The molecule has 0 amide bonds. The maximum absolute atomic E-state index is 13.6. The van der Waals surface area contributed by atoms with E-state index in [-0.39, 0.29) is 10.5 Å². The van der Waals surface area contributed by atoms with Crippen LogP contribution in [-0.4, -0.2) is 22.0 Å². The van der Waals surface area contributed by atoms with Gasteiger partial charge in [0, 0.05) is 11.0 Å². The number of rotatable bonds is 3. The van der Waals surface area contributed by atoms with Crippen molar-refractivity contribution in [2.24, 2.45) is 0 Å². The van der Waals surface area contributed by atoms with Gasteiger partial charge in [0.15, 0.2) is 0 Å².